The molecule has 0 aromatic heterocycles. The molecule has 0 spiro atoms. The van der Waals surface area contributed by atoms with Gasteiger partial charge in [0.05, 0.1) is 5.92 Å². The van der Waals surface area contributed by atoms with Crippen molar-refractivity contribution in [3.63, 3.8) is 0 Å². The Labute approximate surface area is 83.7 Å². The van der Waals surface area contributed by atoms with Gasteiger partial charge in [-0.1, -0.05) is 6.92 Å². The summed E-state index contributed by atoms with van der Waals surface area (Å²) in [6.45, 7) is 1.82. The molecule has 4 nitrogen and oxygen atoms in total. The Morgan fingerprint density at radius 2 is 1.86 bits per heavy atom. The SMILES string of the molecule is CCC(=O)N[C@H]1CC[C@H](C(=O)O)CC1. The van der Waals surface area contributed by atoms with Crippen LogP contribution in [0.15, 0.2) is 0 Å². The van der Waals surface area contributed by atoms with Crippen molar-refractivity contribution in [2.75, 3.05) is 0 Å². The van der Waals surface area contributed by atoms with E-state index in [2.05, 4.69) is 5.32 Å². The van der Waals surface area contributed by atoms with Gasteiger partial charge in [-0.3, -0.25) is 9.59 Å². The van der Waals surface area contributed by atoms with E-state index in [0.29, 0.717) is 19.3 Å². The van der Waals surface area contributed by atoms with Crippen molar-refractivity contribution in [3.05, 3.63) is 0 Å². The van der Waals surface area contributed by atoms with Gasteiger partial charge in [0.15, 0.2) is 0 Å². The van der Waals surface area contributed by atoms with Crippen molar-refractivity contribution in [2.24, 2.45) is 5.92 Å². The van der Waals surface area contributed by atoms with Crippen LogP contribution in [0.3, 0.4) is 0 Å². The molecule has 1 rings (SSSR count). The fourth-order valence-electron chi connectivity index (χ4n) is 1.81. The summed E-state index contributed by atoms with van der Waals surface area (Å²) >= 11 is 0. The monoisotopic (exact) mass is 199 g/mol. The van der Waals surface area contributed by atoms with Crippen LogP contribution in [0.4, 0.5) is 0 Å². The molecule has 0 aliphatic heterocycles. The normalized spacial score (nSPS) is 26.9. The first-order valence-electron chi connectivity index (χ1n) is 5.15. The maximum atomic E-state index is 11.1. The molecule has 0 aromatic rings. The number of nitrogens with one attached hydrogen (secondary N) is 1. The molecule has 1 saturated carbocycles. The fraction of sp³-hybridized carbons (Fsp3) is 0.800. The lowest BCUT2D eigenvalue weighted by molar-refractivity contribution is -0.142. The number of amides is 1. The van der Waals surface area contributed by atoms with Crippen LogP contribution in [0.5, 0.6) is 0 Å². The number of hydrogen-bond acceptors (Lipinski definition) is 2. The van der Waals surface area contributed by atoms with Gasteiger partial charge in [0.1, 0.15) is 0 Å². The first kappa shape index (κ1) is 11.0. The molecule has 1 aliphatic carbocycles. The van der Waals surface area contributed by atoms with Crippen LogP contribution in [0, 0.1) is 5.92 Å². The van der Waals surface area contributed by atoms with E-state index in [1.54, 1.807) is 0 Å². The molecule has 0 aromatic carbocycles. The lowest BCUT2D eigenvalue weighted by atomic mass is 9.86. The summed E-state index contributed by atoms with van der Waals surface area (Å²) in [5.74, 6) is -0.848. The Morgan fingerprint density at radius 3 is 2.29 bits per heavy atom. The molecule has 0 radical (unpaired) electrons. The zero-order valence-electron chi connectivity index (χ0n) is 8.45. The fourth-order valence-corrected chi connectivity index (χ4v) is 1.81. The maximum absolute atomic E-state index is 11.1. The zero-order chi connectivity index (χ0) is 10.6. The standard InChI is InChI=1S/C10H17NO3/c1-2-9(12)11-8-5-3-7(4-6-8)10(13)14/h7-8H,2-6H2,1H3,(H,11,12)(H,13,14)/t7-,8-. The summed E-state index contributed by atoms with van der Waals surface area (Å²) in [5, 5.41) is 11.7. The number of carboxylic acids is 1. The largest absolute Gasteiger partial charge is 0.481 e. The molecule has 4 heteroatoms. The number of hydrogen-bond donors (Lipinski definition) is 2. The highest BCUT2D eigenvalue weighted by Crippen LogP contribution is 2.24. The Bertz CT molecular complexity index is 219. The summed E-state index contributed by atoms with van der Waals surface area (Å²) in [6, 6.07) is 0.193. The predicted molar refractivity (Wildman–Crippen MR) is 51.8 cm³/mol. The number of carbonyl (C=O) groups excluding carboxylic acids is 1. The van der Waals surface area contributed by atoms with Crippen molar-refractivity contribution in [1.29, 1.82) is 0 Å². The van der Waals surface area contributed by atoms with Gasteiger partial charge in [0.25, 0.3) is 0 Å². The Balaban J connectivity index is 2.29. The highest BCUT2D eigenvalue weighted by Gasteiger charge is 2.26. The molecule has 80 valence electrons. The molecule has 14 heavy (non-hydrogen) atoms. The maximum Gasteiger partial charge on any atom is 0.306 e. The van der Waals surface area contributed by atoms with Gasteiger partial charge in [0.2, 0.25) is 5.91 Å². The van der Waals surface area contributed by atoms with E-state index in [4.69, 9.17) is 5.11 Å². The molecule has 1 amide bonds. The average Bonchev–Trinajstić information content (AvgIpc) is 2.18. The molecule has 0 heterocycles. The van der Waals surface area contributed by atoms with Crippen LogP contribution in [-0.2, 0) is 9.59 Å². The van der Waals surface area contributed by atoms with Crippen LogP contribution >= 0.6 is 0 Å². The number of aliphatic carboxylic acids is 1. The van der Waals surface area contributed by atoms with Gasteiger partial charge in [-0.05, 0) is 25.7 Å². The first-order valence-corrected chi connectivity index (χ1v) is 5.15. The second-order valence-electron chi connectivity index (χ2n) is 3.81. The van der Waals surface area contributed by atoms with Gasteiger partial charge < -0.3 is 10.4 Å². The van der Waals surface area contributed by atoms with Crippen LogP contribution in [0.1, 0.15) is 39.0 Å². The van der Waals surface area contributed by atoms with Gasteiger partial charge in [-0.25, -0.2) is 0 Å². The second-order valence-corrected chi connectivity index (χ2v) is 3.81. The summed E-state index contributed by atoms with van der Waals surface area (Å²) in [7, 11) is 0. The topological polar surface area (TPSA) is 66.4 Å². The molecule has 1 aliphatic rings. The van der Waals surface area contributed by atoms with Gasteiger partial charge in [-0.2, -0.15) is 0 Å². The highest BCUT2D eigenvalue weighted by molar-refractivity contribution is 5.76. The molecule has 0 bridgehead atoms. The third-order valence-corrected chi connectivity index (χ3v) is 2.76. The van der Waals surface area contributed by atoms with Gasteiger partial charge in [0, 0.05) is 12.5 Å². The van der Waals surface area contributed by atoms with Crippen LogP contribution in [-0.4, -0.2) is 23.0 Å². The number of rotatable bonds is 3. The second kappa shape index (κ2) is 4.98. The zero-order valence-corrected chi connectivity index (χ0v) is 8.45. The van der Waals surface area contributed by atoms with Gasteiger partial charge in [-0.15, -0.1) is 0 Å². The predicted octanol–water partition coefficient (Wildman–Crippen LogP) is 1.16. The van der Waals surface area contributed by atoms with E-state index >= 15 is 0 Å². The quantitative estimate of drug-likeness (QED) is 0.716. The Morgan fingerprint density at radius 1 is 1.29 bits per heavy atom. The van der Waals surface area contributed by atoms with Crippen LogP contribution < -0.4 is 5.32 Å². The smallest absolute Gasteiger partial charge is 0.306 e. The molecule has 1 fully saturated rings. The minimum Gasteiger partial charge on any atom is -0.481 e. The van der Waals surface area contributed by atoms with E-state index < -0.39 is 5.97 Å². The lowest BCUT2D eigenvalue weighted by Crippen LogP contribution is -2.38. The number of carboxylic acid groups (broad SMARTS) is 1. The number of carbonyl (C=O) groups is 2. The summed E-state index contributed by atoms with van der Waals surface area (Å²) < 4.78 is 0. The summed E-state index contributed by atoms with van der Waals surface area (Å²) in [4.78, 5) is 21.7. The lowest BCUT2D eigenvalue weighted by Gasteiger charge is -2.26. The molecule has 0 atom stereocenters. The van der Waals surface area contributed by atoms with Crippen molar-refractivity contribution in [2.45, 2.75) is 45.1 Å². The minimum absolute atomic E-state index is 0.0591. The third-order valence-electron chi connectivity index (χ3n) is 2.76. The highest BCUT2D eigenvalue weighted by atomic mass is 16.4. The molecule has 0 unspecified atom stereocenters. The third kappa shape index (κ3) is 3.01. The molecular formula is C10H17NO3. The van der Waals surface area contributed by atoms with Crippen molar-refractivity contribution in [1.82, 2.24) is 5.32 Å². The van der Waals surface area contributed by atoms with Crippen molar-refractivity contribution in [3.8, 4) is 0 Å². The summed E-state index contributed by atoms with van der Waals surface area (Å²) in [6.07, 6.45) is 3.46. The van der Waals surface area contributed by atoms with Crippen LogP contribution in [0.2, 0.25) is 0 Å². The first-order chi connectivity index (χ1) is 6.63. The average molecular weight is 199 g/mol. The van der Waals surface area contributed by atoms with E-state index in [1.807, 2.05) is 6.92 Å². The molecule has 2 N–H and O–H groups in total. The van der Waals surface area contributed by atoms with Gasteiger partial charge >= 0.3 is 5.97 Å². The Hall–Kier alpha value is -1.06. The molecule has 0 saturated heterocycles. The molecular weight excluding hydrogens is 182 g/mol. The van der Waals surface area contributed by atoms with Crippen molar-refractivity contribution < 1.29 is 14.7 Å². The Kier molecular flexibility index (Phi) is 3.92. The minimum atomic E-state index is -0.703. The van der Waals surface area contributed by atoms with Crippen molar-refractivity contribution >= 4 is 11.9 Å². The van der Waals surface area contributed by atoms with E-state index in [-0.39, 0.29) is 17.9 Å². The van der Waals surface area contributed by atoms with E-state index in [0.717, 1.165) is 12.8 Å². The van der Waals surface area contributed by atoms with E-state index in [9.17, 15) is 9.59 Å². The summed E-state index contributed by atoms with van der Waals surface area (Å²) in [5.41, 5.74) is 0. The van der Waals surface area contributed by atoms with E-state index in [1.165, 1.54) is 0 Å². The van der Waals surface area contributed by atoms with Crippen LogP contribution in [0.25, 0.3) is 0 Å².